The topological polar surface area (TPSA) is 191 Å². The number of aliphatic hydroxyl groups excluding tert-OH is 1. The third kappa shape index (κ3) is 7.39. The zero-order valence-corrected chi connectivity index (χ0v) is 17.7. The van der Waals surface area contributed by atoms with Gasteiger partial charge in [-0.15, -0.1) is 13.1 Å². The van der Waals surface area contributed by atoms with Gasteiger partial charge in [0, 0.05) is 79.2 Å². The van der Waals surface area contributed by atoms with Gasteiger partial charge in [0.05, 0.1) is 6.10 Å². The summed E-state index contributed by atoms with van der Waals surface area (Å²) in [5, 5.41) is 45.5. The largest absolute Gasteiger partial charge is 0.660 e. The van der Waals surface area contributed by atoms with Crippen LogP contribution in [0.25, 0.3) is 5.32 Å². The molecule has 0 aromatic rings. The summed E-state index contributed by atoms with van der Waals surface area (Å²) in [5.41, 5.74) is 2.33. The van der Waals surface area contributed by atoms with Crippen LogP contribution in [0.3, 0.4) is 0 Å². The van der Waals surface area contributed by atoms with Crippen LogP contribution in [0.2, 0.25) is 0 Å². The summed E-state index contributed by atoms with van der Waals surface area (Å²) in [6, 6.07) is 0. The first-order valence-corrected chi connectivity index (χ1v) is 8.66. The summed E-state index contributed by atoms with van der Waals surface area (Å²) in [5.74, 6) is -5.90. The molecule has 0 bridgehead atoms. The molecule has 0 aromatic carbocycles. The van der Waals surface area contributed by atoms with Crippen LogP contribution in [0.4, 0.5) is 0 Å². The van der Waals surface area contributed by atoms with Gasteiger partial charge in [0.15, 0.2) is 0 Å². The van der Waals surface area contributed by atoms with Crippen LogP contribution in [0.1, 0.15) is 0 Å². The second kappa shape index (κ2) is 13.7. The number of aliphatic hydroxyl groups is 1. The minimum Gasteiger partial charge on any atom is -0.660 e. The fourth-order valence-electron chi connectivity index (χ4n) is 2.88. The molecule has 1 aliphatic heterocycles. The van der Waals surface area contributed by atoms with Crippen molar-refractivity contribution in [1.82, 2.24) is 15.1 Å². The third-order valence-corrected chi connectivity index (χ3v) is 4.41. The van der Waals surface area contributed by atoms with Gasteiger partial charge in [-0.2, -0.15) is 0 Å². The number of β-amino-alcohol motifs (C(OH)–C–C–N with tert-alkyl or cyclic N) is 1. The van der Waals surface area contributed by atoms with E-state index in [4.69, 9.17) is 5.73 Å². The van der Waals surface area contributed by atoms with Gasteiger partial charge in [0.1, 0.15) is 0 Å². The van der Waals surface area contributed by atoms with Crippen LogP contribution in [-0.2, 0) is 14.4 Å². The van der Waals surface area contributed by atoms with Crippen molar-refractivity contribution in [1.29, 1.82) is 0 Å². The van der Waals surface area contributed by atoms with Gasteiger partial charge in [-0.25, -0.2) is 14.4 Å². The molecule has 13 heteroatoms. The Morgan fingerprint density at radius 2 is 1.61 bits per heavy atom. The first-order valence-electron chi connectivity index (χ1n) is 8.66. The molecule has 0 spiro atoms. The van der Waals surface area contributed by atoms with E-state index in [1.54, 1.807) is 4.90 Å². The number of rotatable bonds is 7. The van der Waals surface area contributed by atoms with E-state index in [1.165, 1.54) is 0 Å². The van der Waals surface area contributed by atoms with Gasteiger partial charge >= 0.3 is 23.4 Å². The molecule has 0 aliphatic carbocycles. The molecule has 12 nitrogen and oxygen atoms in total. The molecule has 0 amide bonds. The van der Waals surface area contributed by atoms with Crippen LogP contribution in [0.15, 0.2) is 0 Å². The monoisotopic (exact) mass is 548 g/mol. The summed E-state index contributed by atoms with van der Waals surface area (Å²) in [7, 11) is 0. The van der Waals surface area contributed by atoms with E-state index in [-0.39, 0.29) is 79.2 Å². The van der Waals surface area contributed by atoms with Crippen LogP contribution >= 0.6 is 0 Å². The van der Waals surface area contributed by atoms with E-state index >= 15 is 0 Å². The second-order valence-electron chi connectivity index (χ2n) is 6.22. The van der Waals surface area contributed by atoms with Gasteiger partial charge in [-0.05, 0) is 13.1 Å². The van der Waals surface area contributed by atoms with Gasteiger partial charge in [0.2, 0.25) is 0 Å². The van der Waals surface area contributed by atoms with Crippen LogP contribution < -0.4 is 11.1 Å². The third-order valence-electron chi connectivity index (χ3n) is 4.41. The molecule has 28 heavy (non-hydrogen) atoms. The van der Waals surface area contributed by atoms with Crippen LogP contribution in [0, 0.1) is 39.9 Å². The van der Waals surface area contributed by atoms with E-state index < -0.39 is 29.6 Å². The average Bonchev–Trinajstić information content (AvgIpc) is 2.58. The quantitative estimate of drug-likeness (QED) is 0.177. The van der Waals surface area contributed by atoms with Gasteiger partial charge < -0.3 is 36.8 Å². The number of carbonyl (C=O) groups is 3. The molecule has 1 unspecified atom stereocenters. The Balaban J connectivity index is 0.00000729. The molecule has 164 valence electrons. The number of nitrogens with one attached hydrogen (secondary N) is 1. The van der Waals surface area contributed by atoms with Crippen LogP contribution in [0.5, 0.6) is 0 Å². The predicted molar refractivity (Wildman–Crippen MR) is 94.7 cm³/mol. The summed E-state index contributed by atoms with van der Waals surface area (Å²) < 4.78 is 0. The van der Waals surface area contributed by atoms with Gasteiger partial charge in [0.25, 0.3) is 0 Å². The summed E-state index contributed by atoms with van der Waals surface area (Å²) in [6.07, 6.45) is -0.801. The fraction of sp³-hybridized carbons (Fsp3) is 0.800. The van der Waals surface area contributed by atoms with E-state index in [0.717, 1.165) is 4.90 Å². The Labute approximate surface area is 195 Å². The minimum absolute atomic E-state index is 0. The molecule has 1 rings (SSSR count). The standard InChI is InChI=1S/C15H28N5O7.Gd/c16-9-11(21)10-19-5-3-17-1-2-18-4-6-20(8-7-19)15(12(22)23,13(24)25)14(26)27;/h11,17,21H,1-10,16H2,(H,22,23)(H,24,25)(H,26,27);/q-1;. The summed E-state index contributed by atoms with van der Waals surface area (Å²) in [4.78, 5) is 37.7. The minimum atomic E-state index is -3.10. The van der Waals surface area contributed by atoms with Crippen molar-refractivity contribution < 1.29 is 74.8 Å². The van der Waals surface area contributed by atoms with Gasteiger partial charge in [-0.1, -0.05) is 0 Å². The number of nitrogens with zero attached hydrogens (tertiary/aromatic N) is 3. The number of nitrogens with two attached hydrogens (primary N) is 1. The Kier molecular flexibility index (Phi) is 13.4. The van der Waals surface area contributed by atoms with E-state index in [2.05, 4.69) is 10.6 Å². The Bertz CT molecular complexity index is 489. The van der Waals surface area contributed by atoms with Crippen molar-refractivity contribution in [2.75, 3.05) is 65.4 Å². The van der Waals surface area contributed by atoms with Crippen molar-refractivity contribution in [2.24, 2.45) is 5.73 Å². The maximum atomic E-state index is 11.7. The SMILES string of the molecule is NCC(O)CN1CCNCC[N-]CCN(C(C(=O)O)(C(=O)O)C(=O)O)CC1.[Gd]. The molecule has 1 aliphatic rings. The number of carboxylic acids is 3. The van der Waals surface area contributed by atoms with Crippen molar-refractivity contribution in [3.8, 4) is 0 Å². The fourth-order valence-corrected chi connectivity index (χ4v) is 2.88. The van der Waals surface area contributed by atoms with E-state index in [1.807, 2.05) is 0 Å². The van der Waals surface area contributed by atoms with Crippen molar-refractivity contribution in [2.45, 2.75) is 11.6 Å². The Hall–Kier alpha value is -0.505. The zero-order valence-electron chi connectivity index (χ0n) is 15.4. The first kappa shape index (κ1) is 27.5. The normalized spacial score (nSPS) is 19.5. The maximum absolute atomic E-state index is 11.7. The number of hydrogen-bond acceptors (Lipinski definition) is 8. The molecule has 7 N–H and O–H groups in total. The van der Waals surface area contributed by atoms with Crippen LogP contribution in [-0.4, -0.2) is 125 Å². The molecule has 0 radical (unpaired) electrons. The average molecular weight is 548 g/mol. The molecular weight excluding hydrogens is 519 g/mol. The first-order chi connectivity index (χ1) is 12.8. The molecule has 1 saturated heterocycles. The molecule has 1 heterocycles. The summed E-state index contributed by atoms with van der Waals surface area (Å²) in [6.45, 7) is 2.30. The number of hydrogen-bond donors (Lipinski definition) is 6. The molecule has 1 atom stereocenters. The van der Waals surface area contributed by atoms with E-state index in [9.17, 15) is 34.8 Å². The zero-order chi connectivity index (χ0) is 20.4. The molecule has 0 aromatic heterocycles. The van der Waals surface area contributed by atoms with Crippen molar-refractivity contribution >= 4 is 17.9 Å². The smallest absolute Gasteiger partial charge is 0.347 e. The maximum Gasteiger partial charge on any atom is 0.347 e. The Morgan fingerprint density at radius 1 is 1.00 bits per heavy atom. The van der Waals surface area contributed by atoms with Crippen molar-refractivity contribution in [3.63, 3.8) is 0 Å². The summed E-state index contributed by atoms with van der Waals surface area (Å²) >= 11 is 0. The second-order valence-corrected chi connectivity index (χ2v) is 6.22. The van der Waals surface area contributed by atoms with Crippen molar-refractivity contribution in [3.05, 3.63) is 5.32 Å². The molecule has 0 saturated carbocycles. The predicted octanol–water partition coefficient (Wildman–Crippen LogP) is -3.12. The van der Waals surface area contributed by atoms with Gasteiger partial charge in [-0.3, -0.25) is 9.80 Å². The molecular formula is C15H28GdN5O7-. The Morgan fingerprint density at radius 3 is 2.14 bits per heavy atom. The molecule has 1 fully saturated rings. The van der Waals surface area contributed by atoms with E-state index in [0.29, 0.717) is 26.2 Å². The number of carboxylic acid groups (broad SMARTS) is 3. The number of aliphatic carboxylic acids is 3.